The topological polar surface area (TPSA) is 136 Å². The highest BCUT2D eigenvalue weighted by Gasteiger charge is 2.25. The monoisotopic (exact) mass is 241 g/mol. The van der Waals surface area contributed by atoms with Crippen LogP contribution in [0.5, 0.6) is 0 Å². The highest BCUT2D eigenvalue weighted by atomic mass is 16.5. The molecule has 2 aromatic heterocycles. The van der Waals surface area contributed by atoms with E-state index in [9.17, 15) is 24.8 Å². The van der Waals surface area contributed by atoms with Crippen molar-refractivity contribution in [1.82, 2.24) is 18.9 Å². The first-order valence-electron chi connectivity index (χ1n) is 3.92. The van der Waals surface area contributed by atoms with Gasteiger partial charge in [0.15, 0.2) is 0 Å². The lowest BCUT2D eigenvalue weighted by atomic mass is 10.5. The smallest absolute Gasteiger partial charge is 0.423 e. The van der Waals surface area contributed by atoms with Crippen LogP contribution < -0.4 is 16.9 Å². The Bertz CT molecular complexity index is 841. The van der Waals surface area contributed by atoms with Crippen LogP contribution in [0.15, 0.2) is 14.4 Å². The van der Waals surface area contributed by atoms with Crippen LogP contribution in [0.25, 0.3) is 16.1 Å². The maximum Gasteiger partial charge on any atom is 0.434 e. The van der Waals surface area contributed by atoms with Crippen molar-refractivity contribution in [3.63, 3.8) is 0 Å². The molecule has 0 fully saturated rings. The lowest BCUT2D eigenvalue weighted by Gasteiger charge is -1.97. The summed E-state index contributed by atoms with van der Waals surface area (Å²) in [4.78, 5) is 36.3. The third-order valence-electron chi connectivity index (χ3n) is 2.04. The molecule has 0 aliphatic heterocycles. The Morgan fingerprint density at radius 3 is 2.00 bits per heavy atom. The summed E-state index contributed by atoms with van der Waals surface area (Å²) < 4.78 is -1.00. The first-order valence-corrected chi connectivity index (χ1v) is 3.92. The molecule has 0 radical (unpaired) electrons. The van der Waals surface area contributed by atoms with Crippen molar-refractivity contribution in [2.45, 2.75) is 0 Å². The Kier molecular flexibility index (Phi) is 1.78. The van der Waals surface area contributed by atoms with Gasteiger partial charge in [-0.15, -0.1) is 19.1 Å². The average Bonchev–Trinajstić information content (AvgIpc) is 2.52. The van der Waals surface area contributed by atoms with Gasteiger partial charge in [-0.2, -0.15) is 6.57 Å². The van der Waals surface area contributed by atoms with Gasteiger partial charge in [-0.1, -0.05) is 0 Å². The predicted molar refractivity (Wildman–Crippen MR) is 48.3 cm³/mol. The Balaban J connectivity index is 3.36. The van der Waals surface area contributed by atoms with Gasteiger partial charge in [0.05, 0.1) is 4.68 Å². The highest BCUT2D eigenvalue weighted by molar-refractivity contribution is 5.69. The molecule has 3 N–H and O–H groups in total. The van der Waals surface area contributed by atoms with Crippen LogP contribution in [-0.2, 0) is 0 Å². The quantitative estimate of drug-likeness (QED) is 0.345. The number of rotatable bonds is 0. The van der Waals surface area contributed by atoms with E-state index in [1.54, 1.807) is 0 Å². The molecule has 2 rings (SSSR count). The molecule has 0 spiro atoms. The van der Waals surface area contributed by atoms with Crippen LogP contribution >= 0.6 is 0 Å². The second kappa shape index (κ2) is 2.92. The molecule has 0 saturated carbocycles. The standard InChI is InChI=1S/C6H3N5O6/c1-7-8-4(12)2-3(10(16)5(8)13)11(17)6(14)9(2)15/h15-17H. The molecule has 0 atom stereocenters. The zero-order valence-electron chi connectivity index (χ0n) is 7.80. The first-order chi connectivity index (χ1) is 7.91. The second-order valence-corrected chi connectivity index (χ2v) is 2.89. The van der Waals surface area contributed by atoms with Gasteiger partial charge < -0.3 is 15.6 Å². The van der Waals surface area contributed by atoms with Gasteiger partial charge >= 0.3 is 16.9 Å². The average molecular weight is 241 g/mol. The lowest BCUT2D eigenvalue weighted by molar-refractivity contribution is 0.124. The summed E-state index contributed by atoms with van der Waals surface area (Å²) in [5.74, 6) is 0. The van der Waals surface area contributed by atoms with Crippen molar-refractivity contribution in [3.05, 3.63) is 42.8 Å². The summed E-state index contributed by atoms with van der Waals surface area (Å²) in [6.45, 7) is 6.55. The molecular weight excluding hydrogens is 238 g/mol. The van der Waals surface area contributed by atoms with Crippen LogP contribution in [0.2, 0.25) is 0 Å². The van der Waals surface area contributed by atoms with E-state index in [0.29, 0.717) is 0 Å². The van der Waals surface area contributed by atoms with Crippen LogP contribution in [0.1, 0.15) is 0 Å². The SMILES string of the molecule is [C-]#[N+]n1c(=O)c2c(n(O)c1=O)n(O)c(=O)n2O. The van der Waals surface area contributed by atoms with E-state index in [1.165, 1.54) is 0 Å². The van der Waals surface area contributed by atoms with Crippen LogP contribution in [0.3, 0.4) is 0 Å². The van der Waals surface area contributed by atoms with Gasteiger partial charge in [0, 0.05) is 0 Å². The van der Waals surface area contributed by atoms with E-state index in [-0.39, 0.29) is 18.9 Å². The molecule has 0 bridgehead atoms. The molecule has 0 aromatic carbocycles. The normalized spacial score (nSPS) is 10.5. The number of fused-ring (bicyclic) bond motifs is 1. The minimum atomic E-state index is -1.48. The fraction of sp³-hybridized carbons (Fsp3) is 0. The third-order valence-corrected chi connectivity index (χ3v) is 2.04. The fourth-order valence-electron chi connectivity index (χ4n) is 1.30. The number of imidazole rings is 1. The first kappa shape index (κ1) is 10.4. The van der Waals surface area contributed by atoms with E-state index in [4.69, 9.17) is 11.8 Å². The third kappa shape index (κ3) is 1.00. The minimum absolute atomic E-state index is 0.117. The molecule has 11 nitrogen and oxygen atoms in total. The van der Waals surface area contributed by atoms with Crippen LogP contribution in [-0.4, -0.2) is 34.5 Å². The Labute approximate surface area is 89.5 Å². The van der Waals surface area contributed by atoms with Crippen molar-refractivity contribution in [2.24, 2.45) is 0 Å². The summed E-state index contributed by atoms with van der Waals surface area (Å²) in [5, 5.41) is 27.6. The predicted octanol–water partition coefficient (Wildman–Crippen LogP) is -2.48. The molecule has 88 valence electrons. The van der Waals surface area contributed by atoms with E-state index in [1.807, 2.05) is 0 Å². The molecule has 11 heteroatoms. The van der Waals surface area contributed by atoms with Gasteiger partial charge in [0.25, 0.3) is 0 Å². The van der Waals surface area contributed by atoms with Gasteiger partial charge in [0.1, 0.15) is 0 Å². The summed E-state index contributed by atoms with van der Waals surface area (Å²) in [6.07, 6.45) is 0. The molecule has 17 heavy (non-hydrogen) atoms. The Morgan fingerprint density at radius 2 is 1.47 bits per heavy atom. The molecule has 0 aliphatic rings. The van der Waals surface area contributed by atoms with Gasteiger partial charge in [-0.05, 0) is 0 Å². The Hall–Kier alpha value is -3.16. The lowest BCUT2D eigenvalue weighted by Crippen LogP contribution is -2.37. The fourth-order valence-corrected chi connectivity index (χ4v) is 1.30. The van der Waals surface area contributed by atoms with Gasteiger partial charge in [-0.25, -0.2) is 9.59 Å². The van der Waals surface area contributed by atoms with E-state index in [0.717, 1.165) is 0 Å². The summed E-state index contributed by atoms with van der Waals surface area (Å²) >= 11 is 0. The van der Waals surface area contributed by atoms with Crippen molar-refractivity contribution in [1.29, 1.82) is 0 Å². The van der Waals surface area contributed by atoms with Crippen molar-refractivity contribution in [3.8, 4) is 0 Å². The maximum absolute atomic E-state index is 11.5. The summed E-state index contributed by atoms with van der Waals surface area (Å²) in [6, 6.07) is 0. The van der Waals surface area contributed by atoms with Crippen molar-refractivity contribution >= 4 is 11.2 Å². The molecule has 2 heterocycles. The molecule has 2 aromatic rings. The molecule has 0 aliphatic carbocycles. The van der Waals surface area contributed by atoms with E-state index in [2.05, 4.69) is 4.95 Å². The zero-order chi connectivity index (χ0) is 12.9. The molecule has 0 amide bonds. The summed E-state index contributed by atoms with van der Waals surface area (Å²) in [7, 11) is 0. The van der Waals surface area contributed by atoms with Crippen LogP contribution in [0, 0.1) is 6.57 Å². The molecular formula is C6H3N5O6. The molecule has 0 unspecified atom stereocenters. The Morgan fingerprint density at radius 1 is 0.941 bits per heavy atom. The van der Waals surface area contributed by atoms with Crippen molar-refractivity contribution in [2.75, 3.05) is 0 Å². The number of aromatic nitrogens is 4. The largest absolute Gasteiger partial charge is 0.434 e. The second-order valence-electron chi connectivity index (χ2n) is 2.89. The van der Waals surface area contributed by atoms with E-state index >= 15 is 0 Å². The van der Waals surface area contributed by atoms with E-state index < -0.39 is 28.1 Å². The van der Waals surface area contributed by atoms with Crippen molar-refractivity contribution < 1.29 is 15.6 Å². The number of hydrogen-bond donors (Lipinski definition) is 3. The minimum Gasteiger partial charge on any atom is -0.423 e. The van der Waals surface area contributed by atoms with Gasteiger partial charge in [0.2, 0.25) is 11.2 Å². The highest BCUT2D eigenvalue weighted by Crippen LogP contribution is 2.01. The summed E-state index contributed by atoms with van der Waals surface area (Å²) in [5.41, 5.74) is -6.14. The maximum atomic E-state index is 11.5. The van der Waals surface area contributed by atoms with Gasteiger partial charge in [-0.3, -0.25) is 4.79 Å². The van der Waals surface area contributed by atoms with Crippen LogP contribution in [0.4, 0.5) is 0 Å². The number of hydrogen-bond acceptors (Lipinski definition) is 6. The zero-order valence-corrected chi connectivity index (χ0v) is 7.80. The number of nitrogens with zero attached hydrogens (tertiary/aromatic N) is 5. The molecule has 0 saturated heterocycles.